The number of fused-ring (bicyclic) bond motifs is 1. The Morgan fingerprint density at radius 2 is 1.87 bits per heavy atom. The highest BCUT2D eigenvalue weighted by Crippen LogP contribution is 2.34. The number of hydrogen-bond acceptors (Lipinski definition) is 6. The van der Waals surface area contributed by atoms with Crippen molar-refractivity contribution in [3.05, 3.63) is 46.5 Å². The molecule has 0 saturated carbocycles. The van der Waals surface area contributed by atoms with Gasteiger partial charge in [0, 0.05) is 11.5 Å². The number of aromatic hydroxyl groups is 1. The van der Waals surface area contributed by atoms with E-state index in [0.29, 0.717) is 10.9 Å². The molecule has 0 aliphatic heterocycles. The lowest BCUT2D eigenvalue weighted by Gasteiger charge is -2.12. The molecule has 0 aliphatic carbocycles. The van der Waals surface area contributed by atoms with Crippen molar-refractivity contribution in [2.24, 2.45) is 0 Å². The summed E-state index contributed by atoms with van der Waals surface area (Å²) in [6, 6.07) is 5.63. The largest absolute Gasteiger partial charge is 0.506 e. The third-order valence-corrected chi connectivity index (χ3v) is 3.94. The molecule has 1 heterocycles. The number of phenolic OH excluding ortho intramolecular Hbond substituents is 1. The fourth-order valence-electron chi connectivity index (χ4n) is 2.03. The molecule has 1 aromatic heterocycles. The normalized spacial score (nSPS) is 10.8. The zero-order valence-corrected chi connectivity index (χ0v) is 12.8. The second-order valence-electron chi connectivity index (χ2n) is 4.57. The summed E-state index contributed by atoms with van der Waals surface area (Å²) in [7, 11) is 0. The monoisotopic (exact) mass is 354 g/mol. The van der Waals surface area contributed by atoms with E-state index in [0.717, 1.165) is 0 Å². The first-order valence-electron chi connectivity index (χ1n) is 6.29. The van der Waals surface area contributed by atoms with Crippen LogP contribution in [-0.4, -0.2) is 20.3 Å². The van der Waals surface area contributed by atoms with Crippen molar-refractivity contribution in [2.45, 2.75) is 0 Å². The maximum atomic E-state index is 14.1. The Morgan fingerprint density at radius 1 is 1.09 bits per heavy atom. The Balaban J connectivity index is 2.12. The van der Waals surface area contributed by atoms with Gasteiger partial charge in [-0.1, -0.05) is 23.2 Å². The van der Waals surface area contributed by atoms with Crippen LogP contribution in [0.25, 0.3) is 10.9 Å². The molecular formula is C14H9Cl2FN4O2. The summed E-state index contributed by atoms with van der Waals surface area (Å²) in [5.74, 6) is -0.639. The summed E-state index contributed by atoms with van der Waals surface area (Å²) in [6.07, 6.45) is 1.26. The maximum Gasteiger partial charge on any atom is 0.166 e. The van der Waals surface area contributed by atoms with Crippen LogP contribution in [0, 0.1) is 5.82 Å². The zero-order chi connectivity index (χ0) is 16.6. The van der Waals surface area contributed by atoms with E-state index in [1.807, 2.05) is 5.48 Å². The van der Waals surface area contributed by atoms with Gasteiger partial charge in [-0.2, -0.15) is 0 Å². The molecular weight excluding hydrogens is 346 g/mol. The molecule has 2 aromatic carbocycles. The van der Waals surface area contributed by atoms with Crippen molar-refractivity contribution in [3.63, 3.8) is 0 Å². The molecule has 6 nitrogen and oxygen atoms in total. The third kappa shape index (κ3) is 2.81. The standard InChI is InChI=1S/C14H9Cl2FN4O2/c15-7-1-2-8(13(17)12(7)16)20-14-6-3-10(21-23)11(22)4-9(6)18-5-19-14/h1-5,21-23H,(H,18,19,20). The Kier molecular flexibility index (Phi) is 4.08. The van der Waals surface area contributed by atoms with Gasteiger partial charge in [0.05, 0.1) is 21.2 Å². The minimum absolute atomic E-state index is 0.0601. The average Bonchev–Trinajstić information content (AvgIpc) is 2.55. The second kappa shape index (κ2) is 6.04. The molecule has 0 saturated heterocycles. The minimum Gasteiger partial charge on any atom is -0.506 e. The lowest BCUT2D eigenvalue weighted by Crippen LogP contribution is -2.00. The molecule has 0 fully saturated rings. The fourth-order valence-corrected chi connectivity index (χ4v) is 2.34. The molecule has 4 N–H and O–H groups in total. The smallest absolute Gasteiger partial charge is 0.166 e. The van der Waals surface area contributed by atoms with Gasteiger partial charge in [0.15, 0.2) is 5.82 Å². The van der Waals surface area contributed by atoms with E-state index in [9.17, 15) is 9.50 Å². The molecule has 0 amide bonds. The molecule has 9 heteroatoms. The predicted molar refractivity (Wildman–Crippen MR) is 86.3 cm³/mol. The van der Waals surface area contributed by atoms with Gasteiger partial charge in [-0.15, -0.1) is 0 Å². The van der Waals surface area contributed by atoms with Gasteiger partial charge < -0.3 is 10.4 Å². The van der Waals surface area contributed by atoms with E-state index >= 15 is 0 Å². The van der Waals surface area contributed by atoms with E-state index in [4.69, 9.17) is 28.4 Å². The Hall–Kier alpha value is -2.35. The van der Waals surface area contributed by atoms with E-state index in [-0.39, 0.29) is 33.0 Å². The van der Waals surface area contributed by atoms with E-state index in [2.05, 4.69) is 15.3 Å². The Bertz CT molecular complexity index is 908. The first-order chi connectivity index (χ1) is 11.0. The van der Waals surface area contributed by atoms with Crippen molar-refractivity contribution < 1.29 is 14.7 Å². The molecule has 118 valence electrons. The topological polar surface area (TPSA) is 90.3 Å². The van der Waals surface area contributed by atoms with Crippen LogP contribution >= 0.6 is 23.2 Å². The third-order valence-electron chi connectivity index (χ3n) is 3.16. The number of rotatable bonds is 3. The molecule has 3 aromatic rings. The Labute approximate surface area is 139 Å². The minimum atomic E-state index is -0.717. The van der Waals surface area contributed by atoms with Crippen LogP contribution in [0.5, 0.6) is 5.75 Å². The number of nitrogens with one attached hydrogen (secondary N) is 2. The van der Waals surface area contributed by atoms with Crippen LogP contribution in [0.4, 0.5) is 21.6 Å². The van der Waals surface area contributed by atoms with Gasteiger partial charge in [-0.05, 0) is 18.2 Å². The lowest BCUT2D eigenvalue weighted by atomic mass is 10.2. The average molecular weight is 355 g/mol. The van der Waals surface area contributed by atoms with Gasteiger partial charge in [-0.25, -0.2) is 14.4 Å². The molecule has 0 atom stereocenters. The van der Waals surface area contributed by atoms with Crippen LogP contribution in [0.3, 0.4) is 0 Å². The number of anilines is 3. The summed E-state index contributed by atoms with van der Waals surface area (Å²) in [5.41, 5.74) is 2.40. The highest BCUT2D eigenvalue weighted by molar-refractivity contribution is 6.42. The Morgan fingerprint density at radius 3 is 2.61 bits per heavy atom. The molecule has 23 heavy (non-hydrogen) atoms. The number of benzene rings is 2. The van der Waals surface area contributed by atoms with Crippen LogP contribution in [0.1, 0.15) is 0 Å². The maximum absolute atomic E-state index is 14.1. The highest BCUT2D eigenvalue weighted by atomic mass is 35.5. The van der Waals surface area contributed by atoms with Crippen molar-refractivity contribution in [1.29, 1.82) is 0 Å². The number of nitrogens with zero attached hydrogens (tertiary/aromatic N) is 2. The molecule has 0 bridgehead atoms. The van der Waals surface area contributed by atoms with Gasteiger partial charge >= 0.3 is 0 Å². The molecule has 3 rings (SSSR count). The van der Waals surface area contributed by atoms with E-state index in [1.54, 1.807) is 0 Å². The van der Waals surface area contributed by atoms with Crippen molar-refractivity contribution >= 4 is 51.3 Å². The van der Waals surface area contributed by atoms with Crippen molar-refractivity contribution in [1.82, 2.24) is 9.97 Å². The summed E-state index contributed by atoms with van der Waals surface area (Å²) >= 11 is 11.5. The van der Waals surface area contributed by atoms with Crippen molar-refractivity contribution in [2.75, 3.05) is 10.8 Å². The van der Waals surface area contributed by atoms with Crippen LogP contribution in [0.2, 0.25) is 10.0 Å². The molecule has 0 aliphatic rings. The van der Waals surface area contributed by atoms with Gasteiger partial charge in [0.2, 0.25) is 0 Å². The fraction of sp³-hybridized carbons (Fsp3) is 0. The summed E-state index contributed by atoms with van der Waals surface area (Å²) in [6.45, 7) is 0. The summed E-state index contributed by atoms with van der Waals surface area (Å²) in [5, 5.41) is 21.8. The van der Waals surface area contributed by atoms with Gasteiger partial charge in [-0.3, -0.25) is 10.7 Å². The predicted octanol–water partition coefficient (Wildman–Crippen LogP) is 4.33. The number of aromatic nitrogens is 2. The van der Waals surface area contributed by atoms with Crippen LogP contribution < -0.4 is 10.8 Å². The van der Waals surface area contributed by atoms with E-state index in [1.165, 1.54) is 30.6 Å². The quantitative estimate of drug-likeness (QED) is 0.318. The van der Waals surface area contributed by atoms with Crippen LogP contribution in [-0.2, 0) is 0 Å². The molecule has 0 spiro atoms. The first-order valence-corrected chi connectivity index (χ1v) is 7.05. The summed E-state index contributed by atoms with van der Waals surface area (Å²) in [4.78, 5) is 8.06. The first kappa shape index (κ1) is 15.5. The second-order valence-corrected chi connectivity index (χ2v) is 5.35. The van der Waals surface area contributed by atoms with Crippen LogP contribution in [0.15, 0.2) is 30.6 Å². The highest BCUT2D eigenvalue weighted by Gasteiger charge is 2.14. The zero-order valence-electron chi connectivity index (χ0n) is 11.3. The number of halogens is 3. The van der Waals surface area contributed by atoms with Crippen molar-refractivity contribution in [3.8, 4) is 5.75 Å². The molecule has 0 radical (unpaired) electrons. The van der Waals surface area contributed by atoms with Gasteiger partial charge in [0.25, 0.3) is 0 Å². The van der Waals surface area contributed by atoms with Gasteiger partial charge in [0.1, 0.15) is 23.6 Å². The number of phenols is 1. The molecule has 0 unspecified atom stereocenters. The van der Waals surface area contributed by atoms with E-state index < -0.39 is 5.82 Å². The number of hydrogen-bond donors (Lipinski definition) is 4. The summed E-state index contributed by atoms with van der Waals surface area (Å²) < 4.78 is 14.1. The lowest BCUT2D eigenvalue weighted by molar-refractivity contribution is 0.381. The SMILES string of the molecule is ONc1cc2c(Nc3ccc(Cl)c(Cl)c3F)ncnc2cc1O.